The molecule has 60 heavy (non-hydrogen) atoms. The Morgan fingerprint density at radius 3 is 1.27 bits per heavy atom. The molecule has 8 aromatic rings. The lowest BCUT2D eigenvalue weighted by Crippen LogP contribution is -2.10. The second-order valence-corrected chi connectivity index (χ2v) is 17.1. The lowest BCUT2D eigenvalue weighted by Gasteiger charge is -2.26. The number of hydrogen-bond acceptors (Lipinski definition) is 1. The summed E-state index contributed by atoms with van der Waals surface area (Å²) in [6.45, 7) is 2.16. The third-order valence-electron chi connectivity index (χ3n) is 12.9. The Morgan fingerprint density at radius 1 is 0.383 bits per heavy atom. The molecule has 2 saturated carbocycles. The molecule has 0 bridgehead atoms. The highest BCUT2D eigenvalue weighted by molar-refractivity contribution is 6.25. The summed E-state index contributed by atoms with van der Waals surface area (Å²) in [7, 11) is 0. The Morgan fingerprint density at radius 2 is 0.783 bits per heavy atom. The number of hydrogen-bond donors (Lipinski definition) is 0. The van der Waals surface area contributed by atoms with Crippen LogP contribution in [0.4, 0.5) is 17.1 Å². The Hall–Kier alpha value is -6.44. The van der Waals surface area contributed by atoms with Crippen LogP contribution in [0.25, 0.3) is 56.1 Å². The number of benzene rings is 8. The maximum atomic E-state index is 2.43. The molecule has 0 aliphatic heterocycles. The summed E-state index contributed by atoms with van der Waals surface area (Å²) in [5.41, 5.74) is 15.3. The zero-order chi connectivity index (χ0) is 40.3. The van der Waals surface area contributed by atoms with E-state index in [2.05, 4.69) is 194 Å². The molecule has 8 aromatic carbocycles. The van der Waals surface area contributed by atoms with Gasteiger partial charge in [-0.25, -0.2) is 0 Å². The van der Waals surface area contributed by atoms with Crippen molar-refractivity contribution < 1.29 is 0 Å². The molecule has 0 aromatic heterocycles. The van der Waals surface area contributed by atoms with Crippen molar-refractivity contribution in [2.45, 2.75) is 71.1 Å². The van der Waals surface area contributed by atoms with Gasteiger partial charge in [-0.05, 0) is 166 Å². The zero-order valence-electron chi connectivity index (χ0n) is 34.8. The van der Waals surface area contributed by atoms with Crippen LogP contribution in [0.1, 0.15) is 97.6 Å². The minimum atomic E-state index is 1.13. The molecule has 2 aliphatic carbocycles. The molecular weight excluding hydrogens is 723 g/mol. The van der Waals surface area contributed by atoms with Gasteiger partial charge in [-0.15, -0.1) is 0 Å². The molecular formula is C59H53N. The van der Waals surface area contributed by atoms with Crippen LogP contribution in [0.5, 0.6) is 0 Å². The first-order valence-electron chi connectivity index (χ1n) is 22.2. The first kappa shape index (κ1) is 37.8. The number of anilines is 3. The second kappa shape index (κ2) is 17.0. The van der Waals surface area contributed by atoms with Gasteiger partial charge in [0.25, 0.3) is 0 Å². The third-order valence-corrected chi connectivity index (χ3v) is 12.9. The first-order chi connectivity index (χ1) is 29.6. The molecule has 0 unspecified atom stereocenters. The molecule has 1 nitrogen and oxygen atoms in total. The van der Waals surface area contributed by atoms with E-state index < -0.39 is 0 Å². The van der Waals surface area contributed by atoms with Crippen LogP contribution < -0.4 is 4.90 Å². The van der Waals surface area contributed by atoms with Gasteiger partial charge in [0.05, 0.1) is 0 Å². The van der Waals surface area contributed by atoms with Crippen molar-refractivity contribution >= 4 is 73.2 Å². The summed E-state index contributed by atoms with van der Waals surface area (Å²) in [4.78, 5) is 2.40. The SMILES string of the molecule is Cc1ccc(N(c2ccc(C=C(c3ccc(C=C4CCCCC4)cc3)c3ccc(C=C4CCCCC4)cc3)cc2)c2ccc3c4ccccc4c4ccccc4c3c2)cc1. The minimum Gasteiger partial charge on any atom is -0.310 e. The Balaban J connectivity index is 1.04. The predicted molar refractivity (Wildman–Crippen MR) is 260 cm³/mol. The van der Waals surface area contributed by atoms with Crippen LogP contribution in [0.15, 0.2) is 175 Å². The molecule has 2 aliphatic rings. The van der Waals surface area contributed by atoms with E-state index in [1.165, 1.54) is 135 Å². The van der Waals surface area contributed by atoms with Gasteiger partial charge in [0.2, 0.25) is 0 Å². The normalized spacial score (nSPS) is 14.3. The molecule has 2 fully saturated rings. The van der Waals surface area contributed by atoms with E-state index in [4.69, 9.17) is 0 Å². The fourth-order valence-corrected chi connectivity index (χ4v) is 9.69. The largest absolute Gasteiger partial charge is 0.310 e. The van der Waals surface area contributed by atoms with Crippen molar-refractivity contribution in [1.82, 2.24) is 0 Å². The standard InChI is InChI=1S/C59H53N/c1-42-20-32-50(33-21-42)60(52-36-37-57-55-18-9-8-16-53(55)54-17-10-11-19-56(54)59(57)41-52)51-34-26-47(27-35-51)40-58(48-28-22-45(23-29-48)38-43-12-4-2-5-13-43)49-30-24-46(25-31-49)39-44-14-6-3-7-15-44/h8-11,16-41H,2-7,12-15H2,1H3. The summed E-state index contributed by atoms with van der Waals surface area (Å²) in [6.07, 6.45) is 20.2. The van der Waals surface area contributed by atoms with Crippen LogP contribution in [-0.4, -0.2) is 0 Å². The van der Waals surface area contributed by atoms with Crippen LogP contribution in [0, 0.1) is 6.92 Å². The van der Waals surface area contributed by atoms with Crippen LogP contribution >= 0.6 is 0 Å². The van der Waals surface area contributed by atoms with Gasteiger partial charge in [-0.1, -0.05) is 169 Å². The van der Waals surface area contributed by atoms with Crippen molar-refractivity contribution in [2.75, 3.05) is 4.90 Å². The van der Waals surface area contributed by atoms with E-state index in [1.807, 2.05) is 0 Å². The van der Waals surface area contributed by atoms with Crippen molar-refractivity contribution in [2.24, 2.45) is 0 Å². The predicted octanol–water partition coefficient (Wildman–Crippen LogP) is 17.2. The third kappa shape index (κ3) is 7.97. The smallest absolute Gasteiger partial charge is 0.0468 e. The Bertz CT molecular complexity index is 2760. The lowest BCUT2D eigenvalue weighted by atomic mass is 9.91. The van der Waals surface area contributed by atoms with Gasteiger partial charge in [-0.3, -0.25) is 0 Å². The van der Waals surface area contributed by atoms with E-state index in [0.29, 0.717) is 0 Å². The highest BCUT2D eigenvalue weighted by Gasteiger charge is 2.16. The van der Waals surface area contributed by atoms with Gasteiger partial charge < -0.3 is 4.90 Å². The molecule has 0 saturated heterocycles. The fourth-order valence-electron chi connectivity index (χ4n) is 9.69. The monoisotopic (exact) mass is 775 g/mol. The molecule has 294 valence electrons. The summed E-state index contributed by atoms with van der Waals surface area (Å²) < 4.78 is 0. The summed E-state index contributed by atoms with van der Waals surface area (Å²) in [5.74, 6) is 0. The van der Waals surface area contributed by atoms with Gasteiger partial charge in [0.15, 0.2) is 0 Å². The van der Waals surface area contributed by atoms with Crippen LogP contribution in [0.3, 0.4) is 0 Å². The topological polar surface area (TPSA) is 3.24 Å². The average molecular weight is 776 g/mol. The highest BCUT2D eigenvalue weighted by Crippen LogP contribution is 2.41. The molecule has 1 heteroatoms. The molecule has 0 spiro atoms. The first-order valence-corrected chi connectivity index (χ1v) is 22.2. The van der Waals surface area contributed by atoms with Gasteiger partial charge >= 0.3 is 0 Å². The lowest BCUT2D eigenvalue weighted by molar-refractivity contribution is 0.602. The van der Waals surface area contributed by atoms with Crippen molar-refractivity contribution in [3.63, 3.8) is 0 Å². The molecule has 0 N–H and O–H groups in total. The number of nitrogens with zero attached hydrogens (tertiary/aromatic N) is 1. The van der Waals surface area contributed by atoms with E-state index in [9.17, 15) is 0 Å². The fraction of sp³-hybridized carbons (Fsp3) is 0.186. The number of rotatable bonds is 8. The maximum Gasteiger partial charge on any atom is 0.0468 e. The molecule has 0 radical (unpaired) electrons. The summed E-state index contributed by atoms with van der Waals surface area (Å²) in [5, 5.41) is 7.71. The average Bonchev–Trinajstić information content (AvgIpc) is 3.31. The van der Waals surface area contributed by atoms with Gasteiger partial charge in [0.1, 0.15) is 0 Å². The number of aryl methyl sites for hydroxylation is 1. The van der Waals surface area contributed by atoms with E-state index in [0.717, 1.165) is 17.1 Å². The molecule has 10 rings (SSSR count). The second-order valence-electron chi connectivity index (χ2n) is 17.1. The number of allylic oxidation sites excluding steroid dienone is 2. The molecule has 0 amide bonds. The van der Waals surface area contributed by atoms with Gasteiger partial charge in [-0.2, -0.15) is 0 Å². The van der Waals surface area contributed by atoms with E-state index >= 15 is 0 Å². The van der Waals surface area contributed by atoms with Crippen molar-refractivity contribution in [3.05, 3.63) is 208 Å². The van der Waals surface area contributed by atoms with Gasteiger partial charge in [0, 0.05) is 17.1 Å². The van der Waals surface area contributed by atoms with E-state index in [-0.39, 0.29) is 0 Å². The zero-order valence-corrected chi connectivity index (χ0v) is 34.8. The van der Waals surface area contributed by atoms with Crippen LogP contribution in [0.2, 0.25) is 0 Å². The Kier molecular flexibility index (Phi) is 10.7. The molecule has 0 atom stereocenters. The quantitative estimate of drug-likeness (QED) is 0.110. The molecule has 0 heterocycles. The minimum absolute atomic E-state index is 1.13. The maximum absolute atomic E-state index is 2.43. The number of fused-ring (bicyclic) bond motifs is 6. The van der Waals surface area contributed by atoms with Crippen molar-refractivity contribution in [1.29, 1.82) is 0 Å². The Labute approximate surface area is 356 Å². The van der Waals surface area contributed by atoms with E-state index in [1.54, 1.807) is 11.1 Å². The summed E-state index contributed by atoms with van der Waals surface area (Å²) in [6, 6.07) is 61.2. The summed E-state index contributed by atoms with van der Waals surface area (Å²) >= 11 is 0. The van der Waals surface area contributed by atoms with Crippen molar-refractivity contribution in [3.8, 4) is 0 Å². The van der Waals surface area contributed by atoms with Crippen LogP contribution in [-0.2, 0) is 0 Å². The highest BCUT2D eigenvalue weighted by atomic mass is 15.1.